The minimum absolute atomic E-state index is 0.0766. The first-order chi connectivity index (χ1) is 8.58. The summed E-state index contributed by atoms with van der Waals surface area (Å²) in [6, 6.07) is 11.1. The maximum Gasteiger partial charge on any atom is 0.409 e. The van der Waals surface area contributed by atoms with Gasteiger partial charge in [-0.15, -0.1) is 0 Å². The average molecular weight is 266 g/mol. The molecule has 2 aromatic rings. The molecule has 18 heavy (non-hydrogen) atoms. The highest BCUT2D eigenvalue weighted by atomic mass is 35.5. The maximum absolute atomic E-state index is 13.6. The van der Waals surface area contributed by atoms with E-state index in [1.807, 2.05) is 0 Å². The van der Waals surface area contributed by atoms with Gasteiger partial charge in [0.15, 0.2) is 0 Å². The molecule has 0 saturated heterocycles. The first-order valence-electron chi connectivity index (χ1n) is 5.12. The van der Waals surface area contributed by atoms with Crippen LogP contribution in [0.25, 0.3) is 11.1 Å². The van der Waals surface area contributed by atoms with Gasteiger partial charge in [-0.2, -0.15) is 0 Å². The number of hydrogen-bond acceptors (Lipinski definition) is 1. The molecule has 0 aliphatic carbocycles. The number of nitrogens with one attached hydrogen (secondary N) is 1. The summed E-state index contributed by atoms with van der Waals surface area (Å²) in [6.07, 6.45) is -1.32. The molecule has 0 aliphatic heterocycles. The fourth-order valence-corrected chi connectivity index (χ4v) is 1.84. The van der Waals surface area contributed by atoms with E-state index in [0.29, 0.717) is 16.1 Å². The Bertz CT molecular complexity index is 601. The summed E-state index contributed by atoms with van der Waals surface area (Å²) >= 11 is 5.86. The van der Waals surface area contributed by atoms with Crippen LogP contribution in [0.4, 0.5) is 14.9 Å². The summed E-state index contributed by atoms with van der Waals surface area (Å²) in [5.74, 6) is -0.630. The molecule has 2 N–H and O–H groups in total. The number of anilines is 1. The first kappa shape index (κ1) is 12.4. The molecule has 0 bridgehead atoms. The number of hydrogen-bond donors (Lipinski definition) is 2. The second-order valence-electron chi connectivity index (χ2n) is 3.60. The molecular weight excluding hydrogens is 257 g/mol. The quantitative estimate of drug-likeness (QED) is 0.853. The van der Waals surface area contributed by atoms with E-state index in [0.717, 1.165) is 0 Å². The lowest BCUT2D eigenvalue weighted by Gasteiger charge is -2.10. The molecule has 0 saturated carbocycles. The molecule has 3 nitrogen and oxygen atoms in total. The van der Waals surface area contributed by atoms with Gasteiger partial charge in [-0.25, -0.2) is 9.18 Å². The van der Waals surface area contributed by atoms with Crippen LogP contribution in [0.1, 0.15) is 0 Å². The SMILES string of the molecule is O=C(O)Nc1c(F)cccc1-c1cccc(Cl)c1. The van der Waals surface area contributed by atoms with Crippen molar-refractivity contribution in [2.75, 3.05) is 5.32 Å². The van der Waals surface area contributed by atoms with Crippen molar-refractivity contribution < 1.29 is 14.3 Å². The number of rotatable bonds is 2. The zero-order valence-corrected chi connectivity index (χ0v) is 9.91. The van der Waals surface area contributed by atoms with Crippen molar-refractivity contribution in [1.82, 2.24) is 0 Å². The highest BCUT2D eigenvalue weighted by molar-refractivity contribution is 6.30. The van der Waals surface area contributed by atoms with Crippen LogP contribution in [-0.4, -0.2) is 11.2 Å². The van der Waals surface area contributed by atoms with Gasteiger partial charge in [-0.3, -0.25) is 5.32 Å². The molecule has 0 fully saturated rings. The summed E-state index contributed by atoms with van der Waals surface area (Å²) in [7, 11) is 0. The number of carboxylic acid groups (broad SMARTS) is 1. The lowest BCUT2D eigenvalue weighted by molar-refractivity contribution is 0.209. The number of amides is 1. The van der Waals surface area contributed by atoms with Gasteiger partial charge in [0.05, 0.1) is 5.69 Å². The highest BCUT2D eigenvalue weighted by Gasteiger charge is 2.12. The topological polar surface area (TPSA) is 49.3 Å². The molecule has 0 aliphatic rings. The van der Waals surface area contributed by atoms with Gasteiger partial charge in [0.25, 0.3) is 0 Å². The number of para-hydroxylation sites is 1. The summed E-state index contributed by atoms with van der Waals surface area (Å²) in [6.45, 7) is 0. The number of benzene rings is 2. The Morgan fingerprint density at radius 3 is 2.61 bits per heavy atom. The maximum atomic E-state index is 13.6. The second kappa shape index (κ2) is 5.06. The zero-order valence-electron chi connectivity index (χ0n) is 9.15. The van der Waals surface area contributed by atoms with E-state index < -0.39 is 11.9 Å². The first-order valence-corrected chi connectivity index (χ1v) is 5.50. The summed E-state index contributed by atoms with van der Waals surface area (Å²) in [4.78, 5) is 10.7. The van der Waals surface area contributed by atoms with Crippen LogP contribution in [0.3, 0.4) is 0 Å². The lowest BCUT2D eigenvalue weighted by Crippen LogP contribution is -2.10. The normalized spacial score (nSPS) is 10.1. The van der Waals surface area contributed by atoms with Gasteiger partial charge >= 0.3 is 6.09 Å². The van der Waals surface area contributed by atoms with Crippen LogP contribution >= 0.6 is 11.6 Å². The minimum atomic E-state index is -1.32. The van der Waals surface area contributed by atoms with E-state index in [1.54, 1.807) is 30.3 Å². The van der Waals surface area contributed by atoms with Crippen LogP contribution in [-0.2, 0) is 0 Å². The fourth-order valence-electron chi connectivity index (χ4n) is 1.65. The Balaban J connectivity index is 2.56. The van der Waals surface area contributed by atoms with Crippen molar-refractivity contribution in [2.45, 2.75) is 0 Å². The molecule has 5 heteroatoms. The van der Waals surface area contributed by atoms with Crippen molar-refractivity contribution in [2.24, 2.45) is 0 Å². The van der Waals surface area contributed by atoms with E-state index in [-0.39, 0.29) is 5.69 Å². The van der Waals surface area contributed by atoms with E-state index in [1.165, 1.54) is 12.1 Å². The molecule has 0 atom stereocenters. The molecule has 1 amide bonds. The second-order valence-corrected chi connectivity index (χ2v) is 4.04. The zero-order chi connectivity index (χ0) is 13.1. The lowest BCUT2D eigenvalue weighted by atomic mass is 10.0. The van der Waals surface area contributed by atoms with E-state index in [4.69, 9.17) is 16.7 Å². The van der Waals surface area contributed by atoms with Crippen LogP contribution in [0.15, 0.2) is 42.5 Å². The van der Waals surface area contributed by atoms with Crippen molar-refractivity contribution in [3.05, 3.63) is 53.3 Å². The van der Waals surface area contributed by atoms with E-state index in [2.05, 4.69) is 5.32 Å². The fraction of sp³-hybridized carbons (Fsp3) is 0. The highest BCUT2D eigenvalue weighted by Crippen LogP contribution is 2.31. The average Bonchev–Trinajstić information content (AvgIpc) is 2.31. The van der Waals surface area contributed by atoms with Gasteiger partial charge in [0.1, 0.15) is 5.82 Å². The Labute approximate surface area is 108 Å². The van der Waals surface area contributed by atoms with Crippen LogP contribution in [0.2, 0.25) is 5.02 Å². The molecule has 0 spiro atoms. The molecule has 92 valence electrons. The molecular formula is C13H9ClFNO2. The third-order valence-corrected chi connectivity index (χ3v) is 2.62. The third kappa shape index (κ3) is 2.60. The summed E-state index contributed by atoms with van der Waals surface area (Å²) < 4.78 is 13.6. The van der Waals surface area contributed by atoms with Crippen LogP contribution in [0.5, 0.6) is 0 Å². The molecule has 2 aromatic carbocycles. The summed E-state index contributed by atoms with van der Waals surface area (Å²) in [5, 5.41) is 11.3. The Morgan fingerprint density at radius 1 is 1.22 bits per heavy atom. The van der Waals surface area contributed by atoms with Crippen molar-refractivity contribution in [1.29, 1.82) is 0 Å². The van der Waals surface area contributed by atoms with Crippen molar-refractivity contribution in [3.63, 3.8) is 0 Å². The largest absolute Gasteiger partial charge is 0.465 e. The van der Waals surface area contributed by atoms with E-state index in [9.17, 15) is 9.18 Å². The summed E-state index contributed by atoms with van der Waals surface area (Å²) in [5.41, 5.74) is 1.01. The molecule has 0 heterocycles. The van der Waals surface area contributed by atoms with Crippen LogP contribution in [0, 0.1) is 5.82 Å². The van der Waals surface area contributed by atoms with Crippen molar-refractivity contribution in [3.8, 4) is 11.1 Å². The van der Waals surface area contributed by atoms with Crippen LogP contribution < -0.4 is 5.32 Å². The Kier molecular flexibility index (Phi) is 3.48. The third-order valence-electron chi connectivity index (χ3n) is 2.38. The Hall–Kier alpha value is -2.07. The van der Waals surface area contributed by atoms with Gasteiger partial charge in [0.2, 0.25) is 0 Å². The molecule has 0 unspecified atom stereocenters. The van der Waals surface area contributed by atoms with Gasteiger partial charge < -0.3 is 5.11 Å². The molecule has 0 radical (unpaired) electrons. The van der Waals surface area contributed by atoms with E-state index >= 15 is 0 Å². The number of halogens is 2. The predicted octanol–water partition coefficient (Wildman–Crippen LogP) is 4.24. The predicted molar refractivity (Wildman–Crippen MR) is 68.5 cm³/mol. The number of carbonyl (C=O) groups is 1. The Morgan fingerprint density at radius 2 is 1.94 bits per heavy atom. The molecule has 0 aromatic heterocycles. The minimum Gasteiger partial charge on any atom is -0.465 e. The molecule has 2 rings (SSSR count). The standard InChI is InChI=1S/C13H9ClFNO2/c14-9-4-1-3-8(7-9)10-5-2-6-11(15)12(10)16-13(17)18/h1-7,16H,(H,17,18). The van der Waals surface area contributed by atoms with Gasteiger partial charge in [-0.05, 0) is 23.8 Å². The van der Waals surface area contributed by atoms with Gasteiger partial charge in [-0.1, -0.05) is 35.9 Å². The monoisotopic (exact) mass is 265 g/mol. The van der Waals surface area contributed by atoms with Gasteiger partial charge in [0, 0.05) is 10.6 Å². The smallest absolute Gasteiger partial charge is 0.409 e. The van der Waals surface area contributed by atoms with Crippen molar-refractivity contribution >= 4 is 23.4 Å².